The van der Waals surface area contributed by atoms with Crippen LogP contribution in [-0.4, -0.2) is 22.8 Å². The first-order chi connectivity index (χ1) is 12.1. The molecule has 0 aliphatic carbocycles. The Morgan fingerprint density at radius 3 is 2.60 bits per heavy atom. The van der Waals surface area contributed by atoms with E-state index in [4.69, 9.17) is 4.74 Å². The number of carboxylic acids is 1. The lowest BCUT2D eigenvalue weighted by Gasteiger charge is -2.16. The van der Waals surface area contributed by atoms with Crippen molar-refractivity contribution in [1.29, 1.82) is 0 Å². The van der Waals surface area contributed by atoms with Gasteiger partial charge in [-0.2, -0.15) is 0 Å². The van der Waals surface area contributed by atoms with Crippen molar-refractivity contribution in [1.82, 2.24) is 4.57 Å². The number of benzene rings is 2. The molecule has 0 bridgehead atoms. The van der Waals surface area contributed by atoms with Crippen molar-refractivity contribution in [2.45, 2.75) is 18.9 Å². The molecule has 0 radical (unpaired) electrons. The lowest BCUT2D eigenvalue weighted by molar-refractivity contribution is -0.141. The van der Waals surface area contributed by atoms with E-state index in [1.165, 1.54) is 4.57 Å². The molecule has 5 nitrogen and oxygen atoms in total. The first-order valence-electron chi connectivity index (χ1n) is 8.06. The highest BCUT2D eigenvalue weighted by Crippen LogP contribution is 2.20. The molecule has 1 heterocycles. The van der Waals surface area contributed by atoms with Gasteiger partial charge in [-0.1, -0.05) is 30.3 Å². The van der Waals surface area contributed by atoms with Gasteiger partial charge in [-0.25, -0.2) is 4.79 Å². The Hall–Kier alpha value is -3.08. The van der Waals surface area contributed by atoms with Gasteiger partial charge in [0.1, 0.15) is 11.8 Å². The van der Waals surface area contributed by atoms with Crippen LogP contribution in [0.5, 0.6) is 5.75 Å². The SMILES string of the molecule is COc1ccc2c(=O)n(C(CCc3ccccc3)C(=O)O)ccc2c1. The molecule has 0 saturated heterocycles. The summed E-state index contributed by atoms with van der Waals surface area (Å²) in [6.07, 6.45) is 2.49. The lowest BCUT2D eigenvalue weighted by atomic mass is 10.0. The number of ether oxygens (including phenoxy) is 1. The second-order valence-electron chi connectivity index (χ2n) is 5.86. The average Bonchev–Trinajstić information content (AvgIpc) is 2.63. The Kier molecular flexibility index (Phi) is 4.84. The average molecular weight is 337 g/mol. The zero-order valence-corrected chi connectivity index (χ0v) is 13.9. The molecule has 0 saturated carbocycles. The number of methoxy groups -OCH3 is 1. The van der Waals surface area contributed by atoms with Gasteiger partial charge in [0.2, 0.25) is 0 Å². The molecule has 128 valence electrons. The van der Waals surface area contributed by atoms with Crippen LogP contribution in [0.15, 0.2) is 65.6 Å². The van der Waals surface area contributed by atoms with Gasteiger partial charge in [-0.15, -0.1) is 0 Å². The number of aliphatic carboxylic acids is 1. The summed E-state index contributed by atoms with van der Waals surface area (Å²) in [6, 6.07) is 15.6. The maximum Gasteiger partial charge on any atom is 0.326 e. The molecule has 0 fully saturated rings. The van der Waals surface area contributed by atoms with E-state index < -0.39 is 12.0 Å². The van der Waals surface area contributed by atoms with Crippen LogP contribution in [0.1, 0.15) is 18.0 Å². The number of hydrogen-bond acceptors (Lipinski definition) is 3. The number of pyridine rings is 1. The molecule has 5 heteroatoms. The third-order valence-electron chi connectivity index (χ3n) is 4.31. The van der Waals surface area contributed by atoms with Gasteiger partial charge >= 0.3 is 5.97 Å². The summed E-state index contributed by atoms with van der Waals surface area (Å²) in [5.74, 6) is -0.352. The highest BCUT2D eigenvalue weighted by atomic mass is 16.5. The molecule has 1 atom stereocenters. The molecule has 1 unspecified atom stereocenters. The third kappa shape index (κ3) is 3.55. The highest BCUT2D eigenvalue weighted by molar-refractivity contribution is 5.83. The molecule has 0 spiro atoms. The van der Waals surface area contributed by atoms with Crippen LogP contribution in [0.25, 0.3) is 10.8 Å². The third-order valence-corrected chi connectivity index (χ3v) is 4.31. The van der Waals surface area contributed by atoms with Gasteiger partial charge in [-0.05, 0) is 48.1 Å². The second kappa shape index (κ2) is 7.21. The molecular weight excluding hydrogens is 318 g/mol. The molecule has 0 aliphatic heterocycles. The number of hydrogen-bond donors (Lipinski definition) is 1. The van der Waals surface area contributed by atoms with Crippen molar-refractivity contribution < 1.29 is 14.6 Å². The number of nitrogens with zero attached hydrogens (tertiary/aromatic N) is 1. The first kappa shape index (κ1) is 16.8. The van der Waals surface area contributed by atoms with Crippen LogP contribution in [0.4, 0.5) is 0 Å². The maximum absolute atomic E-state index is 12.7. The minimum Gasteiger partial charge on any atom is -0.497 e. The summed E-state index contributed by atoms with van der Waals surface area (Å²) < 4.78 is 6.47. The Balaban J connectivity index is 1.95. The topological polar surface area (TPSA) is 68.5 Å². The Morgan fingerprint density at radius 2 is 1.92 bits per heavy atom. The molecular formula is C20H19NO4. The van der Waals surface area contributed by atoms with Crippen molar-refractivity contribution in [2.75, 3.05) is 7.11 Å². The smallest absolute Gasteiger partial charge is 0.326 e. The van der Waals surface area contributed by atoms with Gasteiger partial charge < -0.3 is 14.4 Å². The van der Waals surface area contributed by atoms with E-state index in [1.807, 2.05) is 30.3 Å². The van der Waals surface area contributed by atoms with E-state index in [-0.39, 0.29) is 5.56 Å². The van der Waals surface area contributed by atoms with Gasteiger partial charge in [0, 0.05) is 11.6 Å². The van der Waals surface area contributed by atoms with Crippen LogP contribution in [0.2, 0.25) is 0 Å². The fraction of sp³-hybridized carbons (Fsp3) is 0.200. The van der Waals surface area contributed by atoms with Gasteiger partial charge in [0.15, 0.2) is 0 Å². The Labute approximate surface area is 145 Å². The van der Waals surface area contributed by atoms with E-state index in [9.17, 15) is 14.7 Å². The summed E-state index contributed by atoms with van der Waals surface area (Å²) in [5.41, 5.74) is 0.743. The number of rotatable bonds is 6. The minimum atomic E-state index is -1.01. The Morgan fingerprint density at radius 1 is 1.16 bits per heavy atom. The zero-order valence-electron chi connectivity index (χ0n) is 13.9. The summed E-state index contributed by atoms with van der Waals surface area (Å²) in [6.45, 7) is 0. The van der Waals surface area contributed by atoms with Crippen molar-refractivity contribution in [3.8, 4) is 5.75 Å². The first-order valence-corrected chi connectivity index (χ1v) is 8.06. The van der Waals surface area contributed by atoms with Crippen molar-refractivity contribution >= 4 is 16.7 Å². The molecule has 2 aromatic carbocycles. The van der Waals surface area contributed by atoms with Crippen molar-refractivity contribution in [2.24, 2.45) is 0 Å². The van der Waals surface area contributed by atoms with Crippen molar-refractivity contribution in [3.05, 3.63) is 76.7 Å². The molecule has 1 aromatic heterocycles. The monoisotopic (exact) mass is 337 g/mol. The molecule has 3 rings (SSSR count). The van der Waals surface area contributed by atoms with Crippen LogP contribution >= 0.6 is 0 Å². The van der Waals surface area contributed by atoms with E-state index >= 15 is 0 Å². The summed E-state index contributed by atoms with van der Waals surface area (Å²) in [5, 5.41) is 10.8. The molecule has 1 N–H and O–H groups in total. The maximum atomic E-state index is 12.7. The highest BCUT2D eigenvalue weighted by Gasteiger charge is 2.21. The molecule has 0 amide bonds. The molecule has 3 aromatic rings. The van der Waals surface area contributed by atoms with Crippen LogP contribution in [0, 0.1) is 0 Å². The van der Waals surface area contributed by atoms with Gasteiger partial charge in [-0.3, -0.25) is 4.79 Å². The summed E-state index contributed by atoms with van der Waals surface area (Å²) in [4.78, 5) is 24.5. The number of carboxylic acid groups (broad SMARTS) is 1. The van der Waals surface area contributed by atoms with Gasteiger partial charge in [0.05, 0.1) is 7.11 Å². The summed E-state index contributed by atoms with van der Waals surface area (Å²) >= 11 is 0. The fourth-order valence-corrected chi connectivity index (χ4v) is 2.94. The number of aryl methyl sites for hydroxylation is 1. The van der Waals surface area contributed by atoms with E-state index in [0.29, 0.717) is 24.0 Å². The largest absolute Gasteiger partial charge is 0.497 e. The quantitative estimate of drug-likeness (QED) is 0.749. The Bertz CT molecular complexity index is 947. The van der Waals surface area contributed by atoms with Crippen LogP contribution < -0.4 is 10.3 Å². The standard InChI is InChI=1S/C20H19NO4/c1-25-16-8-9-17-15(13-16)11-12-21(19(17)22)18(20(23)24)10-7-14-5-3-2-4-6-14/h2-6,8-9,11-13,18H,7,10H2,1H3,(H,23,24). The van der Waals surface area contributed by atoms with E-state index in [1.54, 1.807) is 37.6 Å². The van der Waals surface area contributed by atoms with Crippen LogP contribution in [-0.2, 0) is 11.2 Å². The molecule has 0 aliphatic rings. The zero-order chi connectivity index (χ0) is 17.8. The minimum absolute atomic E-state index is 0.305. The van der Waals surface area contributed by atoms with Crippen LogP contribution in [0.3, 0.4) is 0 Å². The molecule has 25 heavy (non-hydrogen) atoms. The van der Waals surface area contributed by atoms with Gasteiger partial charge in [0.25, 0.3) is 5.56 Å². The predicted octanol–water partition coefficient (Wildman–Crippen LogP) is 3.27. The van der Waals surface area contributed by atoms with E-state index in [2.05, 4.69) is 0 Å². The van der Waals surface area contributed by atoms with Crippen molar-refractivity contribution in [3.63, 3.8) is 0 Å². The number of aromatic nitrogens is 1. The van der Waals surface area contributed by atoms with E-state index in [0.717, 1.165) is 10.9 Å². The fourth-order valence-electron chi connectivity index (χ4n) is 2.94. The summed E-state index contributed by atoms with van der Waals surface area (Å²) in [7, 11) is 1.56. The number of carbonyl (C=O) groups is 1. The lowest BCUT2D eigenvalue weighted by Crippen LogP contribution is -2.30. The normalized spacial score (nSPS) is 12.0. The second-order valence-corrected chi connectivity index (χ2v) is 5.86. The predicted molar refractivity (Wildman–Crippen MR) is 96.2 cm³/mol. The number of fused-ring (bicyclic) bond motifs is 1.